The van der Waals surface area contributed by atoms with Crippen LogP contribution in [0.3, 0.4) is 0 Å². The van der Waals surface area contributed by atoms with Gasteiger partial charge in [0.05, 0.1) is 17.7 Å². The summed E-state index contributed by atoms with van der Waals surface area (Å²) in [5.74, 6) is -1.63. The minimum atomic E-state index is -4.43. The number of aliphatic hydroxyl groups is 1. The number of likely N-dealkylation sites (tertiary alicyclic amines) is 1. The van der Waals surface area contributed by atoms with E-state index in [2.05, 4.69) is 28.4 Å². The molecule has 1 aromatic carbocycles. The molecule has 3 aliphatic rings. The molecular formula is C37H45F4N5O3. The van der Waals surface area contributed by atoms with Crippen LogP contribution in [-0.4, -0.2) is 86.6 Å². The highest BCUT2D eigenvalue weighted by Crippen LogP contribution is 2.43. The number of benzene rings is 1. The molecular weight excluding hydrogens is 638 g/mol. The van der Waals surface area contributed by atoms with E-state index in [-0.39, 0.29) is 49.1 Å². The Bertz CT molecular complexity index is 1530. The average molecular weight is 684 g/mol. The van der Waals surface area contributed by atoms with Crippen LogP contribution in [0.15, 0.2) is 92.0 Å². The van der Waals surface area contributed by atoms with Crippen LogP contribution < -0.4 is 5.32 Å². The molecule has 0 spiro atoms. The number of nitrogens with zero attached hydrogens (tertiary/aromatic N) is 3. The number of aromatic nitrogens is 1. The summed E-state index contributed by atoms with van der Waals surface area (Å²) < 4.78 is 53.0. The molecule has 12 heteroatoms. The predicted molar refractivity (Wildman–Crippen MR) is 180 cm³/mol. The summed E-state index contributed by atoms with van der Waals surface area (Å²) in [6.07, 6.45) is 8.02. The van der Waals surface area contributed by atoms with E-state index in [1.54, 1.807) is 53.3 Å². The molecule has 5 rings (SSSR count). The van der Waals surface area contributed by atoms with E-state index in [9.17, 15) is 32.3 Å². The molecule has 0 radical (unpaired) electrons. The standard InChI is InChI=1S/C37H45F4N5O3/c1-4-18-45(35(48)43-21-25-9-11-27(12-10-25)37(39,40)41)32-19-30-15-16-31(20-32)46(30)23-28-22-44(34(47)33-8-7-17-42-33)24-36(28,49)26(5-2)13-14-29(38)6-3/h4-14,17,26,28,30-32,42,49H,1-2,15-16,18-24H2,3H3,(H,43,48)/b14-13+,29-6+/t26?,28-,30?,31?,32?,36+/m1/s1. The van der Waals surface area contributed by atoms with Gasteiger partial charge in [-0.15, -0.1) is 13.2 Å². The van der Waals surface area contributed by atoms with Crippen LogP contribution in [0, 0.1) is 11.8 Å². The molecule has 8 nitrogen and oxygen atoms in total. The van der Waals surface area contributed by atoms with Gasteiger partial charge in [0.15, 0.2) is 0 Å². The van der Waals surface area contributed by atoms with E-state index in [1.165, 1.54) is 24.3 Å². The second-order valence-electron chi connectivity index (χ2n) is 13.3. The molecule has 0 aliphatic carbocycles. The van der Waals surface area contributed by atoms with Crippen LogP contribution >= 0.6 is 0 Å². The third kappa shape index (κ3) is 8.02. The van der Waals surface area contributed by atoms with Crippen molar-refractivity contribution < 1.29 is 32.3 Å². The van der Waals surface area contributed by atoms with Gasteiger partial charge in [-0.25, -0.2) is 9.18 Å². The van der Waals surface area contributed by atoms with Crippen molar-refractivity contribution in [3.63, 3.8) is 0 Å². The fourth-order valence-electron chi connectivity index (χ4n) is 7.73. The summed E-state index contributed by atoms with van der Waals surface area (Å²) in [4.78, 5) is 35.5. The highest BCUT2D eigenvalue weighted by molar-refractivity contribution is 5.92. The average Bonchev–Trinajstić information content (AvgIpc) is 3.79. The van der Waals surface area contributed by atoms with E-state index in [0.717, 1.165) is 25.0 Å². The topological polar surface area (TPSA) is 91.9 Å². The maximum Gasteiger partial charge on any atom is 0.416 e. The lowest BCUT2D eigenvalue weighted by Gasteiger charge is -2.45. The number of alkyl halides is 3. The van der Waals surface area contributed by atoms with Crippen molar-refractivity contribution in [3.8, 4) is 0 Å². The highest BCUT2D eigenvalue weighted by atomic mass is 19.4. The lowest BCUT2D eigenvalue weighted by atomic mass is 9.78. The molecule has 1 aromatic heterocycles. The van der Waals surface area contributed by atoms with E-state index in [0.29, 0.717) is 43.7 Å². The Kier molecular flexibility index (Phi) is 11.2. The normalized spacial score (nSPS) is 26.6. The summed E-state index contributed by atoms with van der Waals surface area (Å²) in [6, 6.07) is 8.05. The van der Waals surface area contributed by atoms with E-state index in [1.807, 2.05) is 0 Å². The molecule has 49 heavy (non-hydrogen) atoms. The molecule has 0 saturated carbocycles. The van der Waals surface area contributed by atoms with Crippen molar-refractivity contribution in [1.29, 1.82) is 0 Å². The number of fused-ring (bicyclic) bond motifs is 2. The molecule has 5 atom stereocenters. The lowest BCUT2D eigenvalue weighted by molar-refractivity contribution is -0.137. The molecule has 3 saturated heterocycles. The number of hydrogen-bond acceptors (Lipinski definition) is 4. The minimum absolute atomic E-state index is 0.0615. The van der Waals surface area contributed by atoms with Crippen LogP contribution in [-0.2, 0) is 12.7 Å². The van der Waals surface area contributed by atoms with Gasteiger partial charge >= 0.3 is 12.2 Å². The summed E-state index contributed by atoms with van der Waals surface area (Å²) in [5, 5.41) is 15.2. The van der Waals surface area contributed by atoms with Gasteiger partial charge in [-0.2, -0.15) is 13.2 Å². The first-order valence-corrected chi connectivity index (χ1v) is 16.7. The minimum Gasteiger partial charge on any atom is -0.387 e. The fraction of sp³-hybridized carbons (Fsp3) is 0.459. The number of rotatable bonds is 12. The first kappa shape index (κ1) is 36.1. The molecule has 2 bridgehead atoms. The number of urea groups is 1. The van der Waals surface area contributed by atoms with E-state index in [4.69, 9.17) is 0 Å². The van der Waals surface area contributed by atoms with Crippen molar-refractivity contribution in [2.45, 2.75) is 69.1 Å². The SMILES string of the molecule is C=CCN(C(=O)NCc1ccc(C(F)(F)F)cc1)C1CC2CCC(C1)N2C[C@H]1CN(C(=O)c2ccc[nH]2)C[C@]1(O)C(C=C)/C=C/C(F)=C\C. The molecule has 4 heterocycles. The molecule has 3 N–H and O–H groups in total. The van der Waals surface area contributed by atoms with Gasteiger partial charge in [-0.05, 0) is 68.5 Å². The number of amides is 3. The van der Waals surface area contributed by atoms with Crippen LogP contribution in [0.5, 0.6) is 0 Å². The third-order valence-electron chi connectivity index (χ3n) is 10.3. The maximum atomic E-state index is 14.1. The Hall–Kier alpha value is -4.16. The second kappa shape index (κ2) is 15.2. The smallest absolute Gasteiger partial charge is 0.387 e. The zero-order valence-electron chi connectivity index (χ0n) is 27.7. The number of carbonyl (C=O) groups excluding carboxylic acids is 2. The zero-order valence-corrected chi connectivity index (χ0v) is 27.7. The van der Waals surface area contributed by atoms with Gasteiger partial charge in [0.25, 0.3) is 5.91 Å². The predicted octanol–water partition coefficient (Wildman–Crippen LogP) is 6.46. The number of nitrogens with one attached hydrogen (secondary N) is 2. The first-order chi connectivity index (χ1) is 23.4. The third-order valence-corrected chi connectivity index (χ3v) is 10.3. The van der Waals surface area contributed by atoms with Crippen molar-refractivity contribution in [2.24, 2.45) is 11.8 Å². The number of hydrogen-bond donors (Lipinski definition) is 3. The Labute approximate surface area is 284 Å². The lowest BCUT2D eigenvalue weighted by Crippen LogP contribution is -2.56. The molecule has 3 amide bonds. The van der Waals surface area contributed by atoms with Gasteiger partial charge in [0, 0.05) is 62.3 Å². The van der Waals surface area contributed by atoms with Gasteiger partial charge in [-0.3, -0.25) is 9.69 Å². The second-order valence-corrected chi connectivity index (χ2v) is 13.3. The highest BCUT2D eigenvalue weighted by Gasteiger charge is 2.53. The summed E-state index contributed by atoms with van der Waals surface area (Å²) in [6.45, 7) is 10.7. The number of H-pyrrole nitrogens is 1. The molecule has 3 fully saturated rings. The number of aromatic amines is 1. The number of carbonyl (C=O) groups is 2. The van der Waals surface area contributed by atoms with E-state index < -0.39 is 29.1 Å². The van der Waals surface area contributed by atoms with Crippen molar-refractivity contribution in [2.75, 3.05) is 26.2 Å². The summed E-state index contributed by atoms with van der Waals surface area (Å²) >= 11 is 0. The van der Waals surface area contributed by atoms with Gasteiger partial charge in [0.2, 0.25) is 0 Å². The Morgan fingerprint density at radius 3 is 2.43 bits per heavy atom. The van der Waals surface area contributed by atoms with Gasteiger partial charge in [-0.1, -0.05) is 36.4 Å². The van der Waals surface area contributed by atoms with Crippen LogP contribution in [0.4, 0.5) is 22.4 Å². The Morgan fingerprint density at radius 1 is 1.16 bits per heavy atom. The summed E-state index contributed by atoms with van der Waals surface area (Å²) in [5.41, 5.74) is -1.15. The number of β-amino-alcohol motifs (C(OH)–C–C–N with tert-alkyl or cyclic N) is 1. The van der Waals surface area contributed by atoms with Crippen molar-refractivity contribution in [3.05, 3.63) is 109 Å². The van der Waals surface area contributed by atoms with Crippen molar-refractivity contribution >= 4 is 11.9 Å². The largest absolute Gasteiger partial charge is 0.416 e. The van der Waals surface area contributed by atoms with Crippen LogP contribution in [0.25, 0.3) is 0 Å². The molecule has 264 valence electrons. The fourth-order valence-corrected chi connectivity index (χ4v) is 7.73. The number of halogens is 4. The number of allylic oxidation sites excluding steroid dienone is 3. The quantitative estimate of drug-likeness (QED) is 0.136. The van der Waals surface area contributed by atoms with Crippen molar-refractivity contribution in [1.82, 2.24) is 25.0 Å². The van der Waals surface area contributed by atoms with Crippen LogP contribution in [0.1, 0.15) is 54.2 Å². The monoisotopic (exact) mass is 683 g/mol. The maximum absolute atomic E-state index is 14.1. The Balaban J connectivity index is 1.29. The Morgan fingerprint density at radius 2 is 1.86 bits per heavy atom. The van der Waals surface area contributed by atoms with Gasteiger partial charge in [0.1, 0.15) is 11.5 Å². The van der Waals surface area contributed by atoms with Gasteiger partial charge < -0.3 is 25.2 Å². The van der Waals surface area contributed by atoms with Crippen LogP contribution in [0.2, 0.25) is 0 Å². The van der Waals surface area contributed by atoms with E-state index >= 15 is 0 Å². The molecule has 2 aromatic rings. The summed E-state index contributed by atoms with van der Waals surface area (Å²) in [7, 11) is 0. The molecule has 3 unspecified atom stereocenters. The zero-order chi connectivity index (χ0) is 35.3. The first-order valence-electron chi connectivity index (χ1n) is 16.7. The number of piperidine rings is 1. The molecule has 3 aliphatic heterocycles.